The number of carbonyl (C=O) groups is 1. The Bertz CT molecular complexity index is 1090. The van der Waals surface area contributed by atoms with Crippen molar-refractivity contribution in [1.82, 2.24) is 13.3 Å². The normalized spacial score (nSPS) is 12.0. The van der Waals surface area contributed by atoms with Gasteiger partial charge in [-0.25, -0.2) is 9.37 Å². The van der Waals surface area contributed by atoms with Crippen LogP contribution < -0.4 is 5.73 Å². The molecule has 0 aliphatic heterocycles. The van der Waals surface area contributed by atoms with Crippen molar-refractivity contribution in [3.05, 3.63) is 59.4 Å². The number of aromatic nitrogens is 2. The zero-order valence-corrected chi connectivity index (χ0v) is 14.3. The number of hydrogen-bond acceptors (Lipinski definition) is 5. The number of fused-ring (bicyclic) bond motifs is 1. The fourth-order valence-corrected chi connectivity index (χ4v) is 3.41. The van der Waals surface area contributed by atoms with Crippen molar-refractivity contribution in [2.45, 2.75) is 0 Å². The van der Waals surface area contributed by atoms with E-state index in [0.717, 1.165) is 14.3 Å². The Morgan fingerprint density at radius 1 is 1.16 bits per heavy atom. The number of imidazole rings is 1. The fourth-order valence-electron chi connectivity index (χ4n) is 2.42. The van der Waals surface area contributed by atoms with Gasteiger partial charge in [-0.15, -0.1) is 0 Å². The number of halogens is 1. The monoisotopic (exact) mass is 362 g/mol. The molecule has 0 saturated heterocycles. The minimum Gasteiger partial charge on any atom is -0.368 e. The molecule has 3 aromatic rings. The van der Waals surface area contributed by atoms with Crippen LogP contribution in [0.2, 0.25) is 0 Å². The van der Waals surface area contributed by atoms with E-state index in [9.17, 15) is 17.6 Å². The van der Waals surface area contributed by atoms with Gasteiger partial charge in [-0.1, -0.05) is 12.1 Å². The summed E-state index contributed by atoms with van der Waals surface area (Å²) in [5, 5.41) is 0. The molecule has 3 rings (SSSR count). The molecule has 0 atom stereocenters. The van der Waals surface area contributed by atoms with Crippen molar-refractivity contribution in [3.63, 3.8) is 0 Å². The second-order valence-electron chi connectivity index (χ2n) is 5.57. The Labute approximate surface area is 143 Å². The van der Waals surface area contributed by atoms with Crippen LogP contribution in [0.1, 0.15) is 15.9 Å². The third-order valence-corrected chi connectivity index (χ3v) is 5.45. The van der Waals surface area contributed by atoms with Crippen molar-refractivity contribution in [2.24, 2.45) is 0 Å². The maximum Gasteiger partial charge on any atom is 0.310 e. The van der Waals surface area contributed by atoms with Crippen molar-refractivity contribution >= 4 is 33.0 Å². The molecule has 7 nitrogen and oxygen atoms in total. The molecule has 9 heteroatoms. The van der Waals surface area contributed by atoms with Gasteiger partial charge in [0.1, 0.15) is 5.82 Å². The first-order valence-corrected chi connectivity index (χ1v) is 8.63. The van der Waals surface area contributed by atoms with E-state index in [1.54, 1.807) is 0 Å². The molecule has 0 fully saturated rings. The molecular formula is C16H15FN4O3S. The average Bonchev–Trinajstić information content (AvgIpc) is 2.89. The van der Waals surface area contributed by atoms with E-state index in [1.165, 1.54) is 50.5 Å². The zero-order valence-electron chi connectivity index (χ0n) is 13.5. The molecule has 0 saturated carbocycles. The van der Waals surface area contributed by atoms with E-state index in [4.69, 9.17) is 5.73 Å². The van der Waals surface area contributed by atoms with Crippen LogP contribution in [0.4, 0.5) is 10.3 Å². The minimum atomic E-state index is -3.91. The number of carbonyl (C=O) groups excluding carboxylic acids is 1. The summed E-state index contributed by atoms with van der Waals surface area (Å²) in [7, 11) is -1.19. The summed E-state index contributed by atoms with van der Waals surface area (Å²) in [5.74, 6) is -1.18. The molecule has 2 aromatic carbocycles. The predicted molar refractivity (Wildman–Crippen MR) is 92.0 cm³/mol. The van der Waals surface area contributed by atoms with Gasteiger partial charge in [-0.2, -0.15) is 16.7 Å². The summed E-state index contributed by atoms with van der Waals surface area (Å²) in [6, 6.07) is 9.65. The van der Waals surface area contributed by atoms with Crippen molar-refractivity contribution in [2.75, 3.05) is 19.8 Å². The van der Waals surface area contributed by atoms with Gasteiger partial charge < -0.3 is 5.73 Å². The van der Waals surface area contributed by atoms with Crippen molar-refractivity contribution in [3.8, 4) is 0 Å². The molecule has 1 heterocycles. The molecule has 0 unspecified atom stereocenters. The number of rotatable bonds is 4. The van der Waals surface area contributed by atoms with Gasteiger partial charge in [0.25, 0.3) is 0 Å². The maximum atomic E-state index is 13.3. The summed E-state index contributed by atoms with van der Waals surface area (Å²) in [5.41, 5.74) is 6.62. The number of nitrogens with zero attached hydrogens (tertiary/aromatic N) is 3. The van der Waals surface area contributed by atoms with E-state index in [-0.39, 0.29) is 22.6 Å². The van der Waals surface area contributed by atoms with Gasteiger partial charge >= 0.3 is 10.2 Å². The molecule has 0 bridgehead atoms. The summed E-state index contributed by atoms with van der Waals surface area (Å²) in [6.45, 7) is 0. The van der Waals surface area contributed by atoms with Gasteiger partial charge in [-0.05, 0) is 30.3 Å². The third-order valence-electron chi connectivity index (χ3n) is 3.68. The average molecular weight is 362 g/mol. The van der Waals surface area contributed by atoms with Gasteiger partial charge in [0.15, 0.2) is 5.78 Å². The Morgan fingerprint density at radius 2 is 1.84 bits per heavy atom. The van der Waals surface area contributed by atoms with Gasteiger partial charge in [0.05, 0.1) is 11.0 Å². The van der Waals surface area contributed by atoms with Crippen LogP contribution in [-0.2, 0) is 10.2 Å². The molecule has 130 valence electrons. The number of benzene rings is 2. The van der Waals surface area contributed by atoms with Crippen LogP contribution in [-0.4, -0.2) is 41.6 Å². The van der Waals surface area contributed by atoms with Crippen LogP contribution in [0, 0.1) is 5.82 Å². The topological polar surface area (TPSA) is 98.3 Å². The van der Waals surface area contributed by atoms with Crippen LogP contribution in [0.5, 0.6) is 0 Å². The molecule has 0 aliphatic carbocycles. The lowest BCUT2D eigenvalue weighted by molar-refractivity contribution is 0.103. The summed E-state index contributed by atoms with van der Waals surface area (Å²) in [6.07, 6.45) is 0. The number of hydrogen-bond donors (Lipinski definition) is 1. The quantitative estimate of drug-likeness (QED) is 0.712. The highest BCUT2D eigenvalue weighted by molar-refractivity contribution is 7.87. The first-order valence-electron chi connectivity index (χ1n) is 7.23. The lowest BCUT2D eigenvalue weighted by Gasteiger charge is -2.14. The van der Waals surface area contributed by atoms with Crippen molar-refractivity contribution < 1.29 is 17.6 Å². The molecule has 0 amide bonds. The largest absolute Gasteiger partial charge is 0.368 e. The van der Waals surface area contributed by atoms with Gasteiger partial charge in [0.2, 0.25) is 5.95 Å². The number of nitrogens with two attached hydrogens (primary N) is 1. The highest BCUT2D eigenvalue weighted by atomic mass is 32.2. The van der Waals surface area contributed by atoms with Crippen LogP contribution in [0.15, 0.2) is 42.5 Å². The fraction of sp³-hybridized carbons (Fsp3) is 0.125. The van der Waals surface area contributed by atoms with Crippen LogP contribution in [0.3, 0.4) is 0 Å². The minimum absolute atomic E-state index is 0.161. The van der Waals surface area contributed by atoms with Crippen molar-refractivity contribution in [1.29, 1.82) is 0 Å². The van der Waals surface area contributed by atoms with E-state index >= 15 is 0 Å². The zero-order chi connectivity index (χ0) is 18.4. The lowest BCUT2D eigenvalue weighted by atomic mass is 10.0. The molecule has 1 aromatic heterocycles. The Balaban J connectivity index is 2.19. The Hall–Kier alpha value is -2.78. The highest BCUT2D eigenvalue weighted by Gasteiger charge is 2.24. The molecule has 0 radical (unpaired) electrons. The summed E-state index contributed by atoms with van der Waals surface area (Å²) >= 11 is 0. The molecule has 0 aliphatic rings. The lowest BCUT2D eigenvalue weighted by Crippen LogP contribution is -2.29. The second kappa shape index (κ2) is 5.94. The van der Waals surface area contributed by atoms with Crippen LogP contribution in [0.25, 0.3) is 11.0 Å². The predicted octanol–water partition coefficient (Wildman–Crippen LogP) is 1.64. The molecule has 2 N–H and O–H groups in total. The van der Waals surface area contributed by atoms with Gasteiger partial charge in [0, 0.05) is 25.2 Å². The first kappa shape index (κ1) is 17.1. The van der Waals surface area contributed by atoms with E-state index < -0.39 is 21.8 Å². The number of ketones is 1. The van der Waals surface area contributed by atoms with Crippen LogP contribution >= 0.6 is 0 Å². The smallest absolute Gasteiger partial charge is 0.310 e. The molecule has 0 spiro atoms. The standard InChI is InChI=1S/C16H15FN4O3S/c1-20(2)25(23,24)21-14-9-11(6-7-13(14)19-16(21)18)15(22)10-4-3-5-12(17)8-10/h3-9H,1-2H3,(H2,18,19). The Kier molecular flexibility index (Phi) is 4.05. The second-order valence-corrected chi connectivity index (χ2v) is 7.56. The maximum absolute atomic E-state index is 13.3. The summed E-state index contributed by atoms with van der Waals surface area (Å²) in [4.78, 5) is 16.6. The first-order chi connectivity index (χ1) is 11.7. The number of nitrogen functional groups attached to an aromatic ring is 1. The van der Waals surface area contributed by atoms with E-state index in [1.807, 2.05) is 0 Å². The van der Waals surface area contributed by atoms with E-state index in [0.29, 0.717) is 5.52 Å². The molecular weight excluding hydrogens is 347 g/mol. The van der Waals surface area contributed by atoms with Gasteiger partial charge in [-0.3, -0.25) is 4.79 Å². The summed E-state index contributed by atoms with van der Waals surface area (Å²) < 4.78 is 40.1. The highest BCUT2D eigenvalue weighted by Crippen LogP contribution is 2.23. The van der Waals surface area contributed by atoms with E-state index in [2.05, 4.69) is 4.98 Å². The molecule has 25 heavy (non-hydrogen) atoms. The number of anilines is 1. The SMILES string of the molecule is CN(C)S(=O)(=O)n1c(N)nc2ccc(C(=O)c3cccc(F)c3)cc21. The Morgan fingerprint density at radius 3 is 2.48 bits per heavy atom. The third kappa shape index (κ3) is 2.87.